The molecular weight excluding hydrogens is 305 g/mol. The van der Waals surface area contributed by atoms with Gasteiger partial charge in [-0.1, -0.05) is 0 Å². The number of hydrogen-bond donors (Lipinski definition) is 2. The number of amides is 2. The van der Waals surface area contributed by atoms with Gasteiger partial charge in [0.15, 0.2) is 0 Å². The second-order valence-electron chi connectivity index (χ2n) is 4.57. The van der Waals surface area contributed by atoms with Gasteiger partial charge < -0.3 is 20.1 Å². The van der Waals surface area contributed by atoms with Crippen LogP contribution in [0.2, 0.25) is 0 Å². The molecule has 1 rings (SSSR count). The second kappa shape index (κ2) is 9.39. The first kappa shape index (κ1) is 18.4. The van der Waals surface area contributed by atoms with Crippen molar-refractivity contribution in [3.63, 3.8) is 0 Å². The van der Waals surface area contributed by atoms with Crippen molar-refractivity contribution in [1.29, 1.82) is 0 Å². The maximum Gasteiger partial charge on any atom is 0.404 e. The number of nitrogens with zero attached hydrogens (tertiary/aromatic N) is 2. The maximum absolute atomic E-state index is 12.6. The summed E-state index contributed by atoms with van der Waals surface area (Å²) in [6, 6.07) is 3.09. The third-order valence-corrected chi connectivity index (χ3v) is 3.05. The van der Waals surface area contributed by atoms with Crippen molar-refractivity contribution in [3.8, 4) is 5.75 Å². The highest BCUT2D eigenvalue weighted by molar-refractivity contribution is 5.92. The van der Waals surface area contributed by atoms with Gasteiger partial charge in [-0.05, 0) is 26.0 Å². The molecule has 0 unspecified atom stereocenters. The van der Waals surface area contributed by atoms with Gasteiger partial charge in [0.05, 0.1) is 12.5 Å². The number of ether oxygens (including phenoxy) is 1. The minimum atomic E-state index is -1.25. The molecule has 2 amide bonds. The Kier molecular flexibility index (Phi) is 7.52. The molecule has 0 aliphatic carbocycles. The summed E-state index contributed by atoms with van der Waals surface area (Å²) in [4.78, 5) is 28.1. The van der Waals surface area contributed by atoms with E-state index in [4.69, 9.17) is 9.84 Å². The fraction of sp³-hybridized carbons (Fsp3) is 0.400. The van der Waals surface area contributed by atoms with Crippen LogP contribution in [-0.4, -0.2) is 53.2 Å². The molecule has 0 fully saturated rings. The van der Waals surface area contributed by atoms with E-state index in [9.17, 15) is 14.0 Å². The monoisotopic (exact) mass is 325 g/mol. The molecule has 0 saturated heterocycles. The number of carboxylic acid groups (broad SMARTS) is 1. The van der Waals surface area contributed by atoms with Crippen molar-refractivity contribution in [3.05, 3.63) is 35.9 Å². The number of carbonyl (C=O) groups is 2. The van der Waals surface area contributed by atoms with Gasteiger partial charge in [0, 0.05) is 25.2 Å². The fourth-order valence-corrected chi connectivity index (χ4v) is 1.75. The first-order chi connectivity index (χ1) is 11.0. The molecule has 2 N–H and O–H groups in total. The van der Waals surface area contributed by atoms with Crippen LogP contribution < -0.4 is 10.1 Å². The Morgan fingerprint density at radius 3 is 2.57 bits per heavy atom. The van der Waals surface area contributed by atoms with Crippen molar-refractivity contribution >= 4 is 12.0 Å². The van der Waals surface area contributed by atoms with E-state index in [0.29, 0.717) is 30.9 Å². The highest BCUT2D eigenvalue weighted by Gasteiger charge is 2.13. The van der Waals surface area contributed by atoms with Gasteiger partial charge in [-0.2, -0.15) is 0 Å². The van der Waals surface area contributed by atoms with Gasteiger partial charge >= 0.3 is 6.09 Å². The highest BCUT2D eigenvalue weighted by Crippen LogP contribution is 2.12. The lowest BCUT2D eigenvalue weighted by atomic mass is 10.3. The third-order valence-electron chi connectivity index (χ3n) is 3.05. The first-order valence-electron chi connectivity index (χ1n) is 7.14. The Balaban J connectivity index is 2.60. The number of hydrogen-bond acceptors (Lipinski definition) is 4. The van der Waals surface area contributed by atoms with Crippen LogP contribution in [-0.2, 0) is 0 Å². The predicted octanol–water partition coefficient (Wildman–Crippen LogP) is 2.06. The van der Waals surface area contributed by atoms with E-state index in [-0.39, 0.29) is 24.6 Å². The molecule has 0 spiro atoms. The molecule has 1 aromatic rings. The molecule has 0 bridgehead atoms. The van der Waals surface area contributed by atoms with Crippen LogP contribution in [0, 0.1) is 0 Å². The van der Waals surface area contributed by atoms with Gasteiger partial charge in [-0.25, -0.2) is 14.2 Å². The fourth-order valence-electron chi connectivity index (χ4n) is 1.75. The molecule has 23 heavy (non-hydrogen) atoms. The van der Waals surface area contributed by atoms with Gasteiger partial charge in [-0.15, -0.1) is 0 Å². The van der Waals surface area contributed by atoms with E-state index in [1.165, 1.54) is 12.3 Å². The Morgan fingerprint density at radius 1 is 1.39 bits per heavy atom. The Bertz CT molecular complexity index is 556. The lowest BCUT2D eigenvalue weighted by Crippen LogP contribution is -2.31. The summed E-state index contributed by atoms with van der Waals surface area (Å²) in [6.45, 7) is 4.66. The van der Waals surface area contributed by atoms with Gasteiger partial charge in [-0.3, -0.25) is 4.79 Å². The Morgan fingerprint density at radius 2 is 2.09 bits per heavy atom. The molecule has 1 heterocycles. The van der Waals surface area contributed by atoms with Crippen LogP contribution in [0.15, 0.2) is 30.2 Å². The lowest BCUT2D eigenvalue weighted by molar-refractivity contribution is 0.0767. The molecule has 0 aliphatic rings. The molecule has 0 saturated carbocycles. The largest absolute Gasteiger partial charge is 0.487 e. The summed E-state index contributed by atoms with van der Waals surface area (Å²) >= 11 is 0. The molecule has 0 atom stereocenters. The van der Waals surface area contributed by atoms with Gasteiger partial charge in [0.1, 0.15) is 18.1 Å². The summed E-state index contributed by atoms with van der Waals surface area (Å²) in [5, 5.41) is 10.5. The zero-order chi connectivity index (χ0) is 17.2. The molecule has 8 heteroatoms. The molecular formula is C15H20FN3O4. The van der Waals surface area contributed by atoms with Crippen LogP contribution in [0.4, 0.5) is 9.18 Å². The van der Waals surface area contributed by atoms with Crippen molar-refractivity contribution < 1.29 is 23.8 Å². The van der Waals surface area contributed by atoms with Crippen molar-refractivity contribution in [2.24, 2.45) is 0 Å². The summed E-state index contributed by atoms with van der Waals surface area (Å²) in [6.07, 6.45) is 0.420. The van der Waals surface area contributed by atoms with Crippen molar-refractivity contribution in [1.82, 2.24) is 15.2 Å². The van der Waals surface area contributed by atoms with Crippen molar-refractivity contribution in [2.75, 3.05) is 26.2 Å². The first-order valence-corrected chi connectivity index (χ1v) is 7.14. The Hall–Kier alpha value is -2.64. The third kappa shape index (κ3) is 5.93. The summed E-state index contributed by atoms with van der Waals surface area (Å²) in [5.74, 6) is 0.187. The van der Waals surface area contributed by atoms with E-state index in [1.807, 2.05) is 19.2 Å². The van der Waals surface area contributed by atoms with E-state index in [1.54, 1.807) is 11.0 Å². The smallest absolute Gasteiger partial charge is 0.404 e. The minimum absolute atomic E-state index is 0.123. The van der Waals surface area contributed by atoms with E-state index >= 15 is 0 Å². The quantitative estimate of drug-likeness (QED) is 0.763. The zero-order valence-corrected chi connectivity index (χ0v) is 13.1. The van der Waals surface area contributed by atoms with Gasteiger partial charge in [0.2, 0.25) is 0 Å². The number of pyridine rings is 1. The number of carbonyl (C=O) groups excluding carboxylic acids is 1. The SMILES string of the molecule is CCN(CC)C(=O)c1ccc(OCC(=CF)CNC(=O)O)cn1. The van der Waals surface area contributed by atoms with Gasteiger partial charge in [0.25, 0.3) is 5.91 Å². The highest BCUT2D eigenvalue weighted by atomic mass is 19.1. The average Bonchev–Trinajstić information content (AvgIpc) is 2.56. The van der Waals surface area contributed by atoms with Crippen LogP contribution in [0.3, 0.4) is 0 Å². The van der Waals surface area contributed by atoms with Crippen LogP contribution in [0.1, 0.15) is 24.3 Å². The lowest BCUT2D eigenvalue weighted by Gasteiger charge is -2.18. The molecule has 0 radical (unpaired) electrons. The Labute approximate surface area is 133 Å². The molecule has 126 valence electrons. The normalized spacial score (nSPS) is 11.0. The van der Waals surface area contributed by atoms with Crippen molar-refractivity contribution in [2.45, 2.75) is 13.8 Å². The summed E-state index contributed by atoms with van der Waals surface area (Å²) in [5.41, 5.74) is 0.436. The van der Waals surface area contributed by atoms with Crippen LogP contribution in [0.5, 0.6) is 5.75 Å². The topological polar surface area (TPSA) is 91.8 Å². The molecule has 0 aliphatic heterocycles. The second-order valence-corrected chi connectivity index (χ2v) is 4.57. The van der Waals surface area contributed by atoms with Crippen LogP contribution in [0.25, 0.3) is 0 Å². The molecule has 7 nitrogen and oxygen atoms in total. The molecule has 0 aromatic carbocycles. The minimum Gasteiger partial charge on any atom is -0.487 e. The maximum atomic E-state index is 12.6. The predicted molar refractivity (Wildman–Crippen MR) is 82.2 cm³/mol. The number of rotatable bonds is 8. The van der Waals surface area contributed by atoms with Crippen LogP contribution >= 0.6 is 0 Å². The molecule has 1 aromatic heterocycles. The summed E-state index contributed by atoms with van der Waals surface area (Å²) < 4.78 is 17.9. The zero-order valence-electron chi connectivity index (χ0n) is 13.1. The van der Waals surface area contributed by atoms with E-state index in [0.717, 1.165) is 0 Å². The number of halogens is 1. The standard InChI is InChI=1S/C15H20FN3O4/c1-3-19(4-2)14(20)13-6-5-12(9-17-13)23-10-11(7-16)8-18-15(21)22/h5-7,9,18H,3-4,8,10H2,1-2H3,(H,21,22). The van der Waals surface area contributed by atoms with E-state index < -0.39 is 6.09 Å². The summed E-state index contributed by atoms with van der Waals surface area (Å²) in [7, 11) is 0. The average molecular weight is 325 g/mol. The van der Waals surface area contributed by atoms with E-state index in [2.05, 4.69) is 4.98 Å². The number of nitrogens with one attached hydrogen (secondary N) is 1. The number of aromatic nitrogens is 1.